The van der Waals surface area contributed by atoms with Crippen LogP contribution in [0.1, 0.15) is 37.3 Å². The lowest BCUT2D eigenvalue weighted by molar-refractivity contribution is -0.189. The molecule has 0 saturated heterocycles. The fourth-order valence-electron chi connectivity index (χ4n) is 5.11. The van der Waals surface area contributed by atoms with Gasteiger partial charge in [-0.3, -0.25) is 0 Å². The van der Waals surface area contributed by atoms with Crippen molar-refractivity contribution in [2.75, 3.05) is 0 Å². The van der Waals surface area contributed by atoms with Gasteiger partial charge < -0.3 is 4.74 Å². The lowest BCUT2D eigenvalue weighted by Gasteiger charge is -2.20. The van der Waals surface area contributed by atoms with Crippen LogP contribution < -0.4 is 4.74 Å². The third-order valence-electron chi connectivity index (χ3n) is 7.44. The molecule has 0 spiro atoms. The van der Waals surface area contributed by atoms with Crippen molar-refractivity contribution >= 4 is 0 Å². The van der Waals surface area contributed by atoms with Gasteiger partial charge in [0.15, 0.2) is 11.6 Å². The summed E-state index contributed by atoms with van der Waals surface area (Å²) in [6, 6.07) is 15.1. The molecule has 0 atom stereocenters. The summed E-state index contributed by atoms with van der Waals surface area (Å²) in [6.07, 6.45) is -0.605. The fourth-order valence-corrected chi connectivity index (χ4v) is 5.11. The monoisotopic (exact) mass is 644 g/mol. The highest BCUT2D eigenvalue weighted by molar-refractivity contribution is 5.72. The summed E-state index contributed by atoms with van der Waals surface area (Å²) >= 11 is 0. The van der Waals surface area contributed by atoms with Crippen LogP contribution in [0.25, 0.3) is 33.4 Å². The maximum atomic E-state index is 15.1. The maximum Gasteiger partial charge on any atom is 0.432 e. The second kappa shape index (κ2) is 13.3. The Kier molecular flexibility index (Phi) is 9.46. The van der Waals surface area contributed by atoms with Gasteiger partial charge in [-0.1, -0.05) is 62.2 Å². The van der Waals surface area contributed by atoms with Crippen LogP contribution in [-0.4, -0.2) is 0 Å². The second-order valence-corrected chi connectivity index (χ2v) is 10.7. The van der Waals surface area contributed by atoms with Crippen molar-refractivity contribution in [3.63, 3.8) is 0 Å². The summed E-state index contributed by atoms with van der Waals surface area (Å²) in [7, 11) is 0. The van der Waals surface area contributed by atoms with Crippen molar-refractivity contribution in [2.45, 2.75) is 38.7 Å². The first-order valence-corrected chi connectivity index (χ1v) is 14.3. The molecule has 0 N–H and O–H groups in total. The lowest BCUT2D eigenvalue weighted by Crippen LogP contribution is -2.25. The summed E-state index contributed by atoms with van der Waals surface area (Å²) in [5.74, 6) is -11.3. The summed E-state index contributed by atoms with van der Waals surface area (Å²) < 4.78 is 136. The van der Waals surface area contributed by atoms with Crippen molar-refractivity contribution in [1.82, 2.24) is 0 Å². The summed E-state index contributed by atoms with van der Waals surface area (Å²) in [5.41, 5.74) is -1.48. The number of hydrogen-bond donors (Lipinski definition) is 0. The Morgan fingerprint density at radius 2 is 1.09 bits per heavy atom. The fraction of sp³-hybridized carbons (Fsp3) is 0.167. The smallest absolute Gasteiger partial charge is 0.429 e. The minimum absolute atomic E-state index is 0.259. The normalized spacial score (nSPS) is 11.6. The van der Waals surface area contributed by atoms with E-state index in [1.165, 1.54) is 12.1 Å². The zero-order chi connectivity index (χ0) is 33.2. The molecule has 0 heterocycles. The van der Waals surface area contributed by atoms with Crippen LogP contribution in [0, 0.1) is 40.7 Å². The van der Waals surface area contributed by atoms with E-state index in [-0.39, 0.29) is 11.1 Å². The van der Waals surface area contributed by atoms with Gasteiger partial charge in [0.25, 0.3) is 0 Å². The minimum atomic E-state index is -4.78. The molecular weight excluding hydrogens is 619 g/mol. The van der Waals surface area contributed by atoms with E-state index in [9.17, 15) is 26.3 Å². The standard InChI is InChI=1S/C36H25F9O/c1-2-3-4-5-20-6-8-21(9-7-20)22-10-12-26(28(38)14-22)24-16-32(42)35(33(43)17-24)36(44,45)46-25-18-30(40)34(31(41)19-25)23-11-13-27(37)29(39)15-23/h6-19H,2-5H2,1H3. The summed E-state index contributed by atoms with van der Waals surface area (Å²) in [4.78, 5) is 0. The molecule has 5 rings (SSSR count). The molecule has 0 aliphatic carbocycles. The third kappa shape index (κ3) is 6.90. The first kappa shape index (κ1) is 32.7. The highest BCUT2D eigenvalue weighted by atomic mass is 19.3. The molecule has 0 aliphatic heterocycles. The second-order valence-electron chi connectivity index (χ2n) is 10.7. The molecule has 0 bridgehead atoms. The molecule has 238 valence electrons. The third-order valence-corrected chi connectivity index (χ3v) is 7.44. The van der Waals surface area contributed by atoms with Gasteiger partial charge in [0.2, 0.25) is 0 Å². The number of rotatable bonds is 10. The van der Waals surface area contributed by atoms with Gasteiger partial charge in [0.05, 0.1) is 5.56 Å². The van der Waals surface area contributed by atoms with E-state index >= 15 is 13.2 Å². The molecule has 0 aromatic heterocycles. The average molecular weight is 645 g/mol. The van der Waals surface area contributed by atoms with Crippen molar-refractivity contribution < 1.29 is 44.3 Å². The number of alkyl halides is 2. The molecule has 0 unspecified atom stereocenters. The van der Waals surface area contributed by atoms with Gasteiger partial charge in [-0.2, -0.15) is 8.78 Å². The molecule has 10 heteroatoms. The summed E-state index contributed by atoms with van der Waals surface area (Å²) in [5, 5.41) is 0. The van der Waals surface area contributed by atoms with Gasteiger partial charge in [-0.25, -0.2) is 30.7 Å². The molecular formula is C36H25F9O. The highest BCUT2D eigenvalue weighted by Crippen LogP contribution is 2.39. The Morgan fingerprint density at radius 1 is 0.522 bits per heavy atom. The first-order chi connectivity index (χ1) is 21.9. The van der Waals surface area contributed by atoms with Gasteiger partial charge in [-0.05, 0) is 71.0 Å². The van der Waals surface area contributed by atoms with E-state index in [1.54, 1.807) is 0 Å². The average Bonchev–Trinajstić information content (AvgIpc) is 2.98. The van der Waals surface area contributed by atoms with E-state index in [0.29, 0.717) is 47.5 Å². The zero-order valence-electron chi connectivity index (χ0n) is 24.2. The molecule has 0 saturated carbocycles. The molecule has 1 nitrogen and oxygen atoms in total. The van der Waals surface area contributed by atoms with Crippen LogP contribution in [0.15, 0.2) is 84.9 Å². The first-order valence-electron chi connectivity index (χ1n) is 14.3. The lowest BCUT2D eigenvalue weighted by atomic mass is 9.97. The Hall–Kier alpha value is -4.73. The quantitative estimate of drug-likeness (QED) is 0.109. The van der Waals surface area contributed by atoms with Gasteiger partial charge in [-0.15, -0.1) is 0 Å². The van der Waals surface area contributed by atoms with Crippen LogP contribution in [0.2, 0.25) is 0 Å². The van der Waals surface area contributed by atoms with E-state index in [4.69, 9.17) is 0 Å². The molecule has 0 aliphatic rings. The predicted molar refractivity (Wildman–Crippen MR) is 157 cm³/mol. The highest BCUT2D eigenvalue weighted by Gasteiger charge is 2.41. The Bertz CT molecular complexity index is 1840. The van der Waals surface area contributed by atoms with E-state index < -0.39 is 69.3 Å². The van der Waals surface area contributed by atoms with Gasteiger partial charge in [0.1, 0.15) is 40.4 Å². The Labute approximate surface area is 258 Å². The van der Waals surface area contributed by atoms with Crippen molar-refractivity contribution in [2.24, 2.45) is 0 Å². The number of ether oxygens (including phenoxy) is 1. The van der Waals surface area contributed by atoms with Crippen LogP contribution >= 0.6 is 0 Å². The zero-order valence-corrected chi connectivity index (χ0v) is 24.2. The van der Waals surface area contributed by atoms with Gasteiger partial charge >= 0.3 is 6.11 Å². The number of aryl methyl sites for hydroxylation is 1. The summed E-state index contributed by atoms with van der Waals surface area (Å²) in [6.45, 7) is 2.11. The number of benzene rings is 5. The van der Waals surface area contributed by atoms with Crippen molar-refractivity contribution in [3.8, 4) is 39.1 Å². The number of unbranched alkanes of at least 4 members (excludes halogenated alkanes) is 2. The van der Waals surface area contributed by atoms with Crippen LogP contribution in [-0.2, 0) is 12.5 Å². The van der Waals surface area contributed by atoms with Crippen molar-refractivity contribution in [1.29, 1.82) is 0 Å². The van der Waals surface area contributed by atoms with Crippen molar-refractivity contribution in [3.05, 3.63) is 137 Å². The van der Waals surface area contributed by atoms with E-state index in [0.717, 1.165) is 43.4 Å². The Morgan fingerprint density at radius 3 is 1.67 bits per heavy atom. The number of halogens is 9. The van der Waals surface area contributed by atoms with Crippen LogP contribution in [0.3, 0.4) is 0 Å². The topological polar surface area (TPSA) is 9.23 Å². The molecule has 0 radical (unpaired) electrons. The van der Waals surface area contributed by atoms with Crippen LogP contribution in [0.5, 0.6) is 5.75 Å². The molecule has 0 amide bonds. The van der Waals surface area contributed by atoms with Gasteiger partial charge in [0, 0.05) is 17.7 Å². The molecule has 5 aromatic rings. The van der Waals surface area contributed by atoms with E-state index in [1.807, 2.05) is 24.3 Å². The predicted octanol–water partition coefficient (Wildman–Crippen LogP) is 11.5. The van der Waals surface area contributed by atoms with Crippen LogP contribution in [0.4, 0.5) is 39.5 Å². The molecule has 0 fully saturated rings. The SMILES string of the molecule is CCCCCc1ccc(-c2ccc(-c3cc(F)c(C(F)(F)Oc4cc(F)c(-c5ccc(F)c(F)c5)c(F)c4)c(F)c3)c(F)c2)cc1. The van der Waals surface area contributed by atoms with E-state index in [2.05, 4.69) is 11.7 Å². The maximum absolute atomic E-state index is 15.1. The largest absolute Gasteiger partial charge is 0.432 e. The molecule has 46 heavy (non-hydrogen) atoms. The molecule has 5 aromatic carbocycles. The minimum Gasteiger partial charge on any atom is -0.429 e. The number of hydrogen-bond acceptors (Lipinski definition) is 1. The Balaban J connectivity index is 1.38.